The second-order valence-corrected chi connectivity index (χ2v) is 17.4. The third-order valence-electron chi connectivity index (χ3n) is 13.5. The highest BCUT2D eigenvalue weighted by Crippen LogP contribution is 2.64. The quantitative estimate of drug-likeness (QED) is 0.170. The van der Waals surface area contributed by atoms with Crippen molar-refractivity contribution in [1.82, 2.24) is 0 Å². The predicted molar refractivity (Wildman–Crippen MR) is 247 cm³/mol. The molecular formula is C57H32OS. The molecule has 0 fully saturated rings. The number of hydrogen-bond donors (Lipinski definition) is 0. The highest BCUT2D eigenvalue weighted by Gasteiger charge is 2.52. The van der Waals surface area contributed by atoms with Crippen LogP contribution in [0.2, 0.25) is 0 Å². The highest BCUT2D eigenvalue weighted by atomic mass is 32.1. The van der Waals surface area contributed by atoms with Gasteiger partial charge >= 0.3 is 0 Å². The van der Waals surface area contributed by atoms with Crippen LogP contribution in [0.1, 0.15) is 22.3 Å². The second kappa shape index (κ2) is 11.4. The molecule has 11 aromatic rings. The summed E-state index contributed by atoms with van der Waals surface area (Å²) in [7, 11) is 0. The molecule has 0 amide bonds. The molecule has 0 bridgehead atoms. The summed E-state index contributed by atoms with van der Waals surface area (Å²) < 4.78 is 9.40. The molecule has 14 rings (SSSR count). The molecule has 1 nitrogen and oxygen atoms in total. The Labute approximate surface area is 345 Å². The highest BCUT2D eigenvalue weighted by molar-refractivity contribution is 7.25. The first-order valence-corrected chi connectivity index (χ1v) is 21.2. The van der Waals surface area contributed by atoms with Crippen molar-refractivity contribution in [3.05, 3.63) is 216 Å². The van der Waals surface area contributed by atoms with Gasteiger partial charge in [0.1, 0.15) is 11.5 Å². The molecule has 0 saturated carbocycles. The molecule has 0 radical (unpaired) electrons. The Morgan fingerprint density at radius 2 is 1.00 bits per heavy atom. The first-order valence-electron chi connectivity index (χ1n) is 20.4. The van der Waals surface area contributed by atoms with Crippen LogP contribution in [0.3, 0.4) is 0 Å². The topological polar surface area (TPSA) is 9.23 Å². The zero-order valence-corrected chi connectivity index (χ0v) is 32.6. The van der Waals surface area contributed by atoms with Gasteiger partial charge in [0, 0.05) is 31.1 Å². The minimum Gasteiger partial charge on any atom is -0.456 e. The largest absolute Gasteiger partial charge is 0.456 e. The van der Waals surface area contributed by atoms with E-state index in [-0.39, 0.29) is 0 Å². The minimum absolute atomic E-state index is 0.430. The summed E-state index contributed by atoms with van der Waals surface area (Å²) in [6, 6.07) is 72.5. The number of hydrogen-bond acceptors (Lipinski definition) is 2. The van der Waals surface area contributed by atoms with Gasteiger partial charge in [-0.05, 0) is 131 Å². The van der Waals surface area contributed by atoms with E-state index in [2.05, 4.69) is 194 Å². The first-order chi connectivity index (χ1) is 29.2. The van der Waals surface area contributed by atoms with E-state index in [0.29, 0.717) is 0 Å². The summed E-state index contributed by atoms with van der Waals surface area (Å²) in [5.41, 5.74) is 17.5. The molecule has 1 atom stereocenters. The zero-order chi connectivity index (χ0) is 38.4. The Hall–Kier alpha value is -7.26. The van der Waals surface area contributed by atoms with Crippen LogP contribution in [0.25, 0.3) is 97.4 Å². The first kappa shape index (κ1) is 31.8. The Morgan fingerprint density at radius 3 is 1.93 bits per heavy atom. The number of fused-ring (bicyclic) bond motifs is 17. The van der Waals surface area contributed by atoms with E-state index in [1.807, 2.05) is 11.3 Å². The van der Waals surface area contributed by atoms with Gasteiger partial charge in [-0.3, -0.25) is 0 Å². The van der Waals surface area contributed by atoms with Crippen LogP contribution in [0.4, 0.5) is 0 Å². The molecule has 2 heterocycles. The third-order valence-corrected chi connectivity index (χ3v) is 14.6. The Bertz CT molecular complexity index is 3660. The van der Waals surface area contributed by atoms with E-state index in [4.69, 9.17) is 4.74 Å². The summed E-state index contributed by atoms with van der Waals surface area (Å²) in [6.07, 6.45) is 0. The van der Waals surface area contributed by atoms with Gasteiger partial charge < -0.3 is 4.74 Å². The van der Waals surface area contributed by atoms with Gasteiger partial charge in [0.05, 0.1) is 5.41 Å². The monoisotopic (exact) mass is 764 g/mol. The van der Waals surface area contributed by atoms with E-state index in [9.17, 15) is 0 Å². The van der Waals surface area contributed by atoms with Crippen molar-refractivity contribution in [2.24, 2.45) is 0 Å². The standard InChI is InChI=1S/C57H32OS/c1-2-11-38-33(10-1)21-26-49-55(38)44-14-4-7-18-48(44)57(49)47-17-6-3-12-39(47)40-24-20-36(32-50(40)57)37-25-28-52-56-42(37)15-9-16-43(56)45-30-34(22-27-51(45)58-52)35-23-29-54-46(31-35)41-13-5-8-19-53(41)59-54/h1-32H. The zero-order valence-electron chi connectivity index (χ0n) is 31.8. The van der Waals surface area contributed by atoms with Gasteiger partial charge in [-0.1, -0.05) is 152 Å². The van der Waals surface area contributed by atoms with Crippen LogP contribution >= 0.6 is 11.3 Å². The lowest BCUT2D eigenvalue weighted by atomic mass is 9.70. The minimum atomic E-state index is -0.430. The Morgan fingerprint density at radius 1 is 0.339 bits per heavy atom. The number of ether oxygens (including phenoxy) is 1. The summed E-state index contributed by atoms with van der Waals surface area (Å²) in [6.45, 7) is 0. The molecule has 2 aliphatic carbocycles. The number of benzene rings is 10. The normalized spacial score (nSPS) is 15.3. The van der Waals surface area contributed by atoms with Gasteiger partial charge in [-0.2, -0.15) is 0 Å². The molecule has 0 N–H and O–H groups in total. The van der Waals surface area contributed by atoms with Crippen molar-refractivity contribution in [1.29, 1.82) is 0 Å². The SMILES string of the molecule is c1ccc2c(c1)-c1ccc(-c3ccc4c5c(cccc35)-c3cc(-c5ccc6sc7ccccc7c6c5)ccc3O4)cc1C21c2ccccc2-c2c1ccc1ccccc21. The van der Waals surface area contributed by atoms with Crippen LogP contribution in [0.15, 0.2) is 194 Å². The summed E-state index contributed by atoms with van der Waals surface area (Å²) in [5.74, 6) is 1.80. The lowest BCUT2D eigenvalue weighted by molar-refractivity contribution is 0.487. The molecule has 59 heavy (non-hydrogen) atoms. The molecule has 1 aromatic heterocycles. The van der Waals surface area contributed by atoms with E-state index >= 15 is 0 Å². The Kier molecular flexibility index (Phi) is 6.16. The van der Waals surface area contributed by atoms with Crippen molar-refractivity contribution < 1.29 is 4.74 Å². The van der Waals surface area contributed by atoms with Crippen LogP contribution in [0.5, 0.6) is 11.5 Å². The molecule has 272 valence electrons. The summed E-state index contributed by atoms with van der Waals surface area (Å²) >= 11 is 1.86. The van der Waals surface area contributed by atoms with Gasteiger partial charge in [0.25, 0.3) is 0 Å². The second-order valence-electron chi connectivity index (χ2n) is 16.3. The summed E-state index contributed by atoms with van der Waals surface area (Å²) in [4.78, 5) is 0. The maximum Gasteiger partial charge on any atom is 0.135 e. The van der Waals surface area contributed by atoms with Crippen LogP contribution in [-0.2, 0) is 5.41 Å². The fraction of sp³-hybridized carbons (Fsp3) is 0.0175. The molecule has 1 spiro atoms. The fourth-order valence-corrected chi connectivity index (χ4v) is 12.1. The summed E-state index contributed by atoms with van der Waals surface area (Å²) in [5, 5.41) is 7.57. The molecule has 2 heteroatoms. The Balaban J connectivity index is 0.961. The van der Waals surface area contributed by atoms with Crippen molar-refractivity contribution >= 4 is 53.1 Å². The molecule has 1 aliphatic heterocycles. The van der Waals surface area contributed by atoms with Gasteiger partial charge in [0.2, 0.25) is 0 Å². The van der Waals surface area contributed by atoms with E-state index in [1.165, 1.54) is 109 Å². The molecule has 10 aromatic carbocycles. The van der Waals surface area contributed by atoms with Gasteiger partial charge in [-0.25, -0.2) is 0 Å². The fourth-order valence-electron chi connectivity index (χ4n) is 11.0. The van der Waals surface area contributed by atoms with Crippen LogP contribution < -0.4 is 4.74 Å². The lowest BCUT2D eigenvalue weighted by Crippen LogP contribution is -2.25. The molecule has 1 unspecified atom stereocenters. The predicted octanol–water partition coefficient (Wildman–Crippen LogP) is 15.8. The van der Waals surface area contributed by atoms with Crippen LogP contribution in [-0.4, -0.2) is 0 Å². The number of thiophene rings is 1. The van der Waals surface area contributed by atoms with E-state index in [1.54, 1.807) is 0 Å². The van der Waals surface area contributed by atoms with E-state index < -0.39 is 5.41 Å². The average molecular weight is 765 g/mol. The van der Waals surface area contributed by atoms with E-state index in [0.717, 1.165) is 22.4 Å². The van der Waals surface area contributed by atoms with Crippen LogP contribution in [0, 0.1) is 0 Å². The third kappa shape index (κ3) is 4.09. The van der Waals surface area contributed by atoms with Crippen molar-refractivity contribution in [3.8, 4) is 67.1 Å². The number of rotatable bonds is 2. The maximum atomic E-state index is 6.75. The average Bonchev–Trinajstić information content (AvgIpc) is 3.93. The lowest BCUT2D eigenvalue weighted by Gasteiger charge is -2.31. The smallest absolute Gasteiger partial charge is 0.135 e. The van der Waals surface area contributed by atoms with Crippen molar-refractivity contribution in [3.63, 3.8) is 0 Å². The molecule has 3 aliphatic rings. The molecule has 0 saturated heterocycles. The molecular weight excluding hydrogens is 733 g/mol. The van der Waals surface area contributed by atoms with Gasteiger partial charge in [0.15, 0.2) is 0 Å². The maximum absolute atomic E-state index is 6.75. The van der Waals surface area contributed by atoms with Gasteiger partial charge in [-0.15, -0.1) is 11.3 Å². The van der Waals surface area contributed by atoms with Crippen molar-refractivity contribution in [2.75, 3.05) is 0 Å². The van der Waals surface area contributed by atoms with Crippen molar-refractivity contribution in [2.45, 2.75) is 5.41 Å².